The lowest BCUT2D eigenvalue weighted by Gasteiger charge is -2.34. The lowest BCUT2D eigenvalue weighted by atomic mass is 10.1. The van der Waals surface area contributed by atoms with Crippen LogP contribution in [0.3, 0.4) is 0 Å². The average Bonchev–Trinajstić information content (AvgIpc) is 3.21. The second-order valence-electron chi connectivity index (χ2n) is 7.06. The molecule has 2 aliphatic rings. The predicted molar refractivity (Wildman–Crippen MR) is 112 cm³/mol. The SMILES string of the molecule is N#C/C(=C\N1CCN(Cc2ccc3c(c2)OCO3)CC1)S(=O)(=O)c1ccc(Cl)cc1. The fraction of sp³-hybridized carbons (Fsp3) is 0.286. The third-order valence-electron chi connectivity index (χ3n) is 5.07. The highest BCUT2D eigenvalue weighted by atomic mass is 35.5. The van der Waals surface area contributed by atoms with E-state index in [2.05, 4.69) is 4.90 Å². The molecule has 9 heteroatoms. The molecule has 0 amide bonds. The summed E-state index contributed by atoms with van der Waals surface area (Å²) < 4.78 is 36.3. The molecule has 2 aromatic rings. The van der Waals surface area contributed by atoms with Gasteiger partial charge in [-0.1, -0.05) is 17.7 Å². The van der Waals surface area contributed by atoms with Gasteiger partial charge in [0.05, 0.1) is 4.90 Å². The Hall–Kier alpha value is -2.73. The van der Waals surface area contributed by atoms with Gasteiger partial charge in [0.15, 0.2) is 16.4 Å². The number of allylic oxidation sites excluding steroid dienone is 1. The molecule has 156 valence electrons. The lowest BCUT2D eigenvalue weighted by Crippen LogP contribution is -2.43. The van der Waals surface area contributed by atoms with Crippen LogP contribution >= 0.6 is 11.6 Å². The number of benzene rings is 2. The fourth-order valence-electron chi connectivity index (χ4n) is 3.41. The number of sulfone groups is 1. The van der Waals surface area contributed by atoms with Crippen molar-refractivity contribution >= 4 is 21.4 Å². The van der Waals surface area contributed by atoms with Gasteiger partial charge in [-0.3, -0.25) is 4.90 Å². The third-order valence-corrected chi connectivity index (χ3v) is 6.99. The maximum absolute atomic E-state index is 12.8. The molecule has 1 saturated heterocycles. The van der Waals surface area contributed by atoms with Crippen molar-refractivity contribution in [2.45, 2.75) is 11.4 Å². The minimum Gasteiger partial charge on any atom is -0.454 e. The van der Waals surface area contributed by atoms with E-state index in [0.717, 1.165) is 36.7 Å². The molecule has 7 nitrogen and oxygen atoms in total. The van der Waals surface area contributed by atoms with Gasteiger partial charge in [0.1, 0.15) is 6.07 Å². The number of piperazine rings is 1. The van der Waals surface area contributed by atoms with Crippen LogP contribution in [0.5, 0.6) is 11.5 Å². The first-order valence-corrected chi connectivity index (χ1v) is 11.3. The molecule has 2 heterocycles. The van der Waals surface area contributed by atoms with E-state index in [0.29, 0.717) is 18.1 Å². The Morgan fingerprint density at radius 3 is 2.47 bits per heavy atom. The highest BCUT2D eigenvalue weighted by Crippen LogP contribution is 2.33. The Morgan fingerprint density at radius 2 is 1.77 bits per heavy atom. The van der Waals surface area contributed by atoms with Crippen molar-refractivity contribution in [3.63, 3.8) is 0 Å². The van der Waals surface area contributed by atoms with Crippen molar-refractivity contribution in [2.24, 2.45) is 0 Å². The molecule has 4 rings (SSSR count). The monoisotopic (exact) mass is 445 g/mol. The second kappa shape index (κ2) is 8.56. The molecule has 30 heavy (non-hydrogen) atoms. The molecule has 1 fully saturated rings. The summed E-state index contributed by atoms with van der Waals surface area (Å²) in [5, 5.41) is 9.89. The van der Waals surface area contributed by atoms with Crippen LogP contribution in [-0.2, 0) is 16.4 Å². The van der Waals surface area contributed by atoms with Crippen molar-refractivity contribution < 1.29 is 17.9 Å². The number of rotatable bonds is 5. The minimum absolute atomic E-state index is 0.0566. The molecule has 2 aromatic carbocycles. The van der Waals surface area contributed by atoms with Gasteiger partial charge in [-0.15, -0.1) is 0 Å². The summed E-state index contributed by atoms with van der Waals surface area (Å²) in [6.07, 6.45) is 1.45. The van der Waals surface area contributed by atoms with Crippen LogP contribution in [0.2, 0.25) is 5.02 Å². The summed E-state index contributed by atoms with van der Waals surface area (Å²) >= 11 is 5.83. The minimum atomic E-state index is -3.87. The normalized spacial score (nSPS) is 17.1. The van der Waals surface area contributed by atoms with Gasteiger partial charge < -0.3 is 14.4 Å². The van der Waals surface area contributed by atoms with Crippen molar-refractivity contribution in [1.29, 1.82) is 5.26 Å². The number of fused-ring (bicyclic) bond motifs is 1. The van der Waals surface area contributed by atoms with Gasteiger partial charge in [0, 0.05) is 43.9 Å². The van der Waals surface area contributed by atoms with E-state index in [-0.39, 0.29) is 16.6 Å². The molecule has 0 radical (unpaired) electrons. The average molecular weight is 446 g/mol. The Bertz CT molecular complexity index is 1100. The molecule has 0 unspecified atom stereocenters. The Labute approximate surface area is 180 Å². The lowest BCUT2D eigenvalue weighted by molar-refractivity contribution is 0.161. The van der Waals surface area contributed by atoms with Gasteiger partial charge in [-0.05, 0) is 42.0 Å². The van der Waals surface area contributed by atoms with E-state index >= 15 is 0 Å². The van der Waals surface area contributed by atoms with Crippen molar-refractivity contribution in [3.05, 3.63) is 64.2 Å². The van der Waals surface area contributed by atoms with E-state index in [9.17, 15) is 13.7 Å². The Balaban J connectivity index is 1.40. The third kappa shape index (κ3) is 4.38. The first kappa shape index (κ1) is 20.5. The Morgan fingerprint density at radius 1 is 1.07 bits per heavy atom. The molecule has 0 aliphatic carbocycles. The number of nitriles is 1. The largest absolute Gasteiger partial charge is 0.454 e. The van der Waals surface area contributed by atoms with Gasteiger partial charge in [0.2, 0.25) is 16.6 Å². The van der Waals surface area contributed by atoms with Crippen LogP contribution in [0.4, 0.5) is 0 Å². The highest BCUT2D eigenvalue weighted by Gasteiger charge is 2.24. The van der Waals surface area contributed by atoms with Gasteiger partial charge in [-0.2, -0.15) is 5.26 Å². The molecule has 0 aromatic heterocycles. The van der Waals surface area contributed by atoms with E-state index < -0.39 is 9.84 Å². The van der Waals surface area contributed by atoms with Crippen molar-refractivity contribution in [3.8, 4) is 17.6 Å². The number of halogens is 1. The van der Waals surface area contributed by atoms with Gasteiger partial charge in [0.25, 0.3) is 0 Å². The van der Waals surface area contributed by atoms with E-state index in [4.69, 9.17) is 21.1 Å². The zero-order valence-electron chi connectivity index (χ0n) is 16.1. The molecule has 2 aliphatic heterocycles. The van der Waals surface area contributed by atoms with Crippen LogP contribution < -0.4 is 9.47 Å². The van der Waals surface area contributed by atoms with E-state index in [1.807, 2.05) is 29.2 Å². The summed E-state index contributed by atoms with van der Waals surface area (Å²) in [5.74, 6) is 1.53. The topological polar surface area (TPSA) is 82.9 Å². The first-order valence-electron chi connectivity index (χ1n) is 9.43. The highest BCUT2D eigenvalue weighted by molar-refractivity contribution is 7.95. The summed E-state index contributed by atoms with van der Waals surface area (Å²) in [6, 6.07) is 13.6. The molecular weight excluding hydrogens is 426 g/mol. The van der Waals surface area contributed by atoms with Gasteiger partial charge >= 0.3 is 0 Å². The molecule has 0 N–H and O–H groups in total. The van der Waals surface area contributed by atoms with Crippen LogP contribution in [-0.4, -0.2) is 51.2 Å². The van der Waals surface area contributed by atoms with Crippen LogP contribution in [0, 0.1) is 11.3 Å². The molecule has 0 bridgehead atoms. The zero-order valence-corrected chi connectivity index (χ0v) is 17.7. The standard InChI is InChI=1S/C21H20ClN3O4S/c22-17-2-4-18(5-3-17)30(26,27)19(12-23)14-25-9-7-24(8-10-25)13-16-1-6-20-21(11-16)29-15-28-20/h1-6,11,14H,7-10,13,15H2/b19-14+. The van der Waals surface area contributed by atoms with E-state index in [1.165, 1.54) is 30.5 Å². The quantitative estimate of drug-likeness (QED) is 0.654. The molecule has 0 spiro atoms. The fourth-order valence-corrected chi connectivity index (χ4v) is 4.70. The van der Waals surface area contributed by atoms with Gasteiger partial charge in [-0.25, -0.2) is 8.42 Å². The maximum atomic E-state index is 12.8. The number of hydrogen-bond acceptors (Lipinski definition) is 7. The summed E-state index contributed by atoms with van der Waals surface area (Å²) in [4.78, 5) is 3.94. The van der Waals surface area contributed by atoms with E-state index in [1.54, 1.807) is 0 Å². The van der Waals surface area contributed by atoms with Crippen LogP contribution in [0.15, 0.2) is 58.5 Å². The Kier molecular flexibility index (Phi) is 5.86. The second-order valence-corrected chi connectivity index (χ2v) is 9.42. The number of hydrogen-bond donors (Lipinski definition) is 0. The maximum Gasteiger partial charge on any atom is 0.231 e. The summed E-state index contributed by atoms with van der Waals surface area (Å²) in [7, 11) is -3.87. The zero-order chi connectivity index (χ0) is 21.1. The predicted octanol–water partition coefficient (Wildman–Crippen LogP) is 3.03. The molecule has 0 atom stereocenters. The summed E-state index contributed by atoms with van der Waals surface area (Å²) in [5.41, 5.74) is 1.13. The van der Waals surface area contributed by atoms with Crippen LogP contribution in [0.25, 0.3) is 0 Å². The first-order chi connectivity index (χ1) is 14.5. The molecule has 0 saturated carbocycles. The smallest absolute Gasteiger partial charge is 0.231 e. The number of ether oxygens (including phenoxy) is 2. The molecular formula is C21H20ClN3O4S. The number of nitrogens with zero attached hydrogens (tertiary/aromatic N) is 3. The summed E-state index contributed by atoms with van der Waals surface area (Å²) in [6.45, 7) is 3.79. The van der Waals surface area contributed by atoms with Crippen molar-refractivity contribution in [1.82, 2.24) is 9.80 Å². The van der Waals surface area contributed by atoms with Crippen molar-refractivity contribution in [2.75, 3.05) is 33.0 Å². The van der Waals surface area contributed by atoms with Crippen LogP contribution in [0.1, 0.15) is 5.56 Å².